The summed E-state index contributed by atoms with van der Waals surface area (Å²) in [5.74, 6) is -1.13. The van der Waals surface area contributed by atoms with E-state index in [1.807, 2.05) is 6.92 Å². The molecule has 8 heteroatoms. The molecule has 0 fully saturated rings. The van der Waals surface area contributed by atoms with Crippen molar-refractivity contribution in [2.75, 3.05) is 13.6 Å². The number of fused-ring (bicyclic) bond motifs is 1. The van der Waals surface area contributed by atoms with Gasteiger partial charge in [0.2, 0.25) is 0 Å². The van der Waals surface area contributed by atoms with E-state index in [4.69, 9.17) is 0 Å². The fourth-order valence-corrected chi connectivity index (χ4v) is 3.31. The van der Waals surface area contributed by atoms with Crippen LogP contribution in [-0.2, 0) is 6.54 Å². The van der Waals surface area contributed by atoms with Gasteiger partial charge in [0.1, 0.15) is 0 Å². The number of para-hydroxylation sites is 1. The number of hydrogen-bond donors (Lipinski definition) is 0. The third-order valence-electron chi connectivity index (χ3n) is 4.90. The van der Waals surface area contributed by atoms with Crippen LogP contribution in [0.25, 0.3) is 0 Å². The molecule has 2 aromatic rings. The lowest BCUT2D eigenvalue weighted by Crippen LogP contribution is -2.30. The first-order valence-corrected chi connectivity index (χ1v) is 9.33. The fraction of sp³-hybridized carbons (Fsp3) is 0.286. The Kier molecular flexibility index (Phi) is 5.72. The number of carbonyl (C=O) groups is 3. The lowest BCUT2D eigenvalue weighted by Gasteiger charge is -2.17. The summed E-state index contributed by atoms with van der Waals surface area (Å²) in [6.07, 6.45) is 1.57. The molecule has 0 radical (unpaired) electrons. The van der Waals surface area contributed by atoms with Crippen molar-refractivity contribution in [2.45, 2.75) is 26.3 Å². The Morgan fingerprint density at radius 2 is 1.79 bits per heavy atom. The van der Waals surface area contributed by atoms with Crippen LogP contribution in [0.4, 0.5) is 5.69 Å². The van der Waals surface area contributed by atoms with Crippen LogP contribution in [0.3, 0.4) is 0 Å². The Balaban J connectivity index is 1.82. The maximum atomic E-state index is 12.8. The highest BCUT2D eigenvalue weighted by molar-refractivity contribution is 6.22. The van der Waals surface area contributed by atoms with Crippen molar-refractivity contribution in [1.82, 2.24) is 9.80 Å². The van der Waals surface area contributed by atoms with E-state index in [0.717, 1.165) is 12.8 Å². The summed E-state index contributed by atoms with van der Waals surface area (Å²) >= 11 is 0. The fourth-order valence-electron chi connectivity index (χ4n) is 3.31. The van der Waals surface area contributed by atoms with Gasteiger partial charge in [-0.15, -0.1) is 0 Å². The molecule has 0 aliphatic carbocycles. The van der Waals surface area contributed by atoms with Crippen molar-refractivity contribution in [2.24, 2.45) is 0 Å². The summed E-state index contributed by atoms with van der Waals surface area (Å²) in [7, 11) is 1.53. The van der Waals surface area contributed by atoms with Crippen LogP contribution in [0.1, 0.15) is 56.4 Å². The summed E-state index contributed by atoms with van der Waals surface area (Å²) in [5, 5.41) is 11.2. The van der Waals surface area contributed by atoms with Crippen LogP contribution < -0.4 is 0 Å². The van der Waals surface area contributed by atoms with Crippen molar-refractivity contribution in [3.63, 3.8) is 0 Å². The van der Waals surface area contributed by atoms with Crippen LogP contribution in [0, 0.1) is 10.1 Å². The van der Waals surface area contributed by atoms with E-state index in [9.17, 15) is 24.5 Å². The summed E-state index contributed by atoms with van der Waals surface area (Å²) < 4.78 is 0. The highest BCUT2D eigenvalue weighted by Crippen LogP contribution is 2.25. The Morgan fingerprint density at radius 3 is 2.48 bits per heavy atom. The molecule has 0 saturated carbocycles. The minimum atomic E-state index is -0.488. The number of imide groups is 1. The maximum Gasteiger partial charge on any atom is 0.274 e. The molecule has 0 N–H and O–H groups in total. The van der Waals surface area contributed by atoms with Crippen molar-refractivity contribution < 1.29 is 19.3 Å². The molecule has 0 unspecified atom stereocenters. The summed E-state index contributed by atoms with van der Waals surface area (Å²) in [4.78, 5) is 51.0. The molecule has 1 aliphatic heterocycles. The van der Waals surface area contributed by atoms with E-state index in [1.54, 1.807) is 18.2 Å². The molecule has 0 aromatic heterocycles. The number of unbranched alkanes of at least 4 members (excludes halogenated alkanes) is 1. The van der Waals surface area contributed by atoms with Gasteiger partial charge in [0, 0.05) is 30.8 Å². The third-order valence-corrected chi connectivity index (χ3v) is 4.90. The number of hydrogen-bond acceptors (Lipinski definition) is 5. The molecular weight excluding hydrogens is 374 g/mol. The minimum Gasteiger partial charge on any atom is -0.337 e. The van der Waals surface area contributed by atoms with E-state index in [-0.39, 0.29) is 29.3 Å². The van der Waals surface area contributed by atoms with Gasteiger partial charge in [-0.25, -0.2) is 0 Å². The van der Waals surface area contributed by atoms with Gasteiger partial charge in [-0.1, -0.05) is 31.5 Å². The topological polar surface area (TPSA) is 101 Å². The van der Waals surface area contributed by atoms with Crippen molar-refractivity contribution in [1.29, 1.82) is 0 Å². The summed E-state index contributed by atoms with van der Waals surface area (Å²) in [6.45, 7) is 2.37. The number of nitrogens with zero attached hydrogens (tertiary/aromatic N) is 3. The van der Waals surface area contributed by atoms with E-state index in [1.165, 1.54) is 41.1 Å². The molecule has 2 aromatic carbocycles. The average molecular weight is 395 g/mol. The van der Waals surface area contributed by atoms with Gasteiger partial charge >= 0.3 is 0 Å². The first-order chi connectivity index (χ1) is 13.8. The first kappa shape index (κ1) is 20.2. The molecule has 0 bridgehead atoms. The van der Waals surface area contributed by atoms with Gasteiger partial charge < -0.3 is 4.90 Å². The number of nitro benzene ring substituents is 1. The maximum absolute atomic E-state index is 12.8. The largest absolute Gasteiger partial charge is 0.337 e. The lowest BCUT2D eigenvalue weighted by molar-refractivity contribution is -0.385. The molecule has 8 nitrogen and oxygen atoms in total. The zero-order valence-corrected chi connectivity index (χ0v) is 16.3. The molecule has 0 atom stereocenters. The number of amides is 3. The van der Waals surface area contributed by atoms with Gasteiger partial charge in [0.15, 0.2) is 0 Å². The van der Waals surface area contributed by atoms with Gasteiger partial charge in [-0.3, -0.25) is 29.4 Å². The molecule has 0 spiro atoms. The molecule has 29 heavy (non-hydrogen) atoms. The zero-order chi connectivity index (χ0) is 21.1. The number of rotatable bonds is 7. The Hall–Kier alpha value is -3.55. The number of carbonyl (C=O) groups excluding carboxylic acids is 3. The zero-order valence-electron chi connectivity index (χ0n) is 16.3. The molecule has 150 valence electrons. The van der Waals surface area contributed by atoms with E-state index < -0.39 is 16.7 Å². The molecule has 3 rings (SSSR count). The van der Waals surface area contributed by atoms with Crippen LogP contribution in [0.5, 0.6) is 0 Å². The second-order valence-electron chi connectivity index (χ2n) is 6.92. The van der Waals surface area contributed by atoms with Gasteiger partial charge in [-0.05, 0) is 24.6 Å². The van der Waals surface area contributed by atoms with Crippen LogP contribution in [0.2, 0.25) is 0 Å². The predicted molar refractivity (Wildman–Crippen MR) is 106 cm³/mol. The second-order valence-corrected chi connectivity index (χ2v) is 6.92. The number of benzene rings is 2. The minimum absolute atomic E-state index is 0.0442. The van der Waals surface area contributed by atoms with Crippen molar-refractivity contribution >= 4 is 23.4 Å². The smallest absolute Gasteiger partial charge is 0.274 e. The van der Waals surface area contributed by atoms with Crippen LogP contribution in [0.15, 0.2) is 42.5 Å². The summed E-state index contributed by atoms with van der Waals surface area (Å²) in [6, 6.07) is 10.7. The standard InChI is InChI=1S/C21H21N3O5/c1-3-4-11-23-20(26)16-10-9-14(12-17(16)21(23)27)19(25)22(2)13-15-7-5-6-8-18(15)24(28)29/h5-10,12H,3-4,11,13H2,1-2H3. The van der Waals surface area contributed by atoms with Crippen LogP contribution >= 0.6 is 0 Å². The van der Waals surface area contributed by atoms with E-state index in [2.05, 4.69) is 0 Å². The van der Waals surface area contributed by atoms with Gasteiger partial charge in [-0.2, -0.15) is 0 Å². The van der Waals surface area contributed by atoms with Crippen molar-refractivity contribution in [3.8, 4) is 0 Å². The molecule has 3 amide bonds. The molecule has 1 heterocycles. The predicted octanol–water partition coefficient (Wildman–Crippen LogP) is 3.26. The quantitative estimate of drug-likeness (QED) is 0.407. The Labute approximate surface area is 167 Å². The SMILES string of the molecule is CCCCN1C(=O)c2ccc(C(=O)N(C)Cc3ccccc3[N+](=O)[O-])cc2C1=O. The number of nitro groups is 1. The lowest BCUT2D eigenvalue weighted by atomic mass is 10.0. The van der Waals surface area contributed by atoms with E-state index >= 15 is 0 Å². The summed E-state index contributed by atoms with van der Waals surface area (Å²) in [5.41, 5.74) is 1.11. The highest BCUT2D eigenvalue weighted by Gasteiger charge is 2.35. The second kappa shape index (κ2) is 8.22. The van der Waals surface area contributed by atoms with Gasteiger partial charge in [0.25, 0.3) is 23.4 Å². The van der Waals surface area contributed by atoms with Crippen molar-refractivity contribution in [3.05, 3.63) is 74.8 Å². The van der Waals surface area contributed by atoms with Gasteiger partial charge in [0.05, 0.1) is 22.6 Å². The normalized spacial score (nSPS) is 12.8. The first-order valence-electron chi connectivity index (χ1n) is 9.33. The molecular formula is C21H21N3O5. The average Bonchev–Trinajstić information content (AvgIpc) is 2.95. The molecule has 1 aliphatic rings. The van der Waals surface area contributed by atoms with Crippen LogP contribution in [-0.4, -0.2) is 46.0 Å². The monoisotopic (exact) mass is 395 g/mol. The third kappa shape index (κ3) is 3.87. The Morgan fingerprint density at radius 1 is 1.10 bits per heavy atom. The molecule has 0 saturated heterocycles. The van der Waals surface area contributed by atoms with E-state index in [0.29, 0.717) is 17.7 Å². The Bertz CT molecular complexity index is 1000. The highest BCUT2D eigenvalue weighted by atomic mass is 16.6.